The van der Waals surface area contributed by atoms with Crippen molar-refractivity contribution >= 4 is 24.0 Å². The third-order valence-electron chi connectivity index (χ3n) is 3.71. The Morgan fingerprint density at radius 1 is 1.04 bits per heavy atom. The highest BCUT2D eigenvalue weighted by molar-refractivity contribution is 5.93. The van der Waals surface area contributed by atoms with Gasteiger partial charge in [-0.2, -0.15) is 0 Å². The van der Waals surface area contributed by atoms with Crippen LogP contribution in [-0.2, 0) is 17.8 Å². The molecule has 124 valence electrons. The largest absolute Gasteiger partial charge is 0.325 e. The van der Waals surface area contributed by atoms with E-state index in [9.17, 15) is 4.79 Å². The Bertz CT molecular complexity index is 656. The van der Waals surface area contributed by atoms with Gasteiger partial charge < -0.3 is 10.6 Å². The molecule has 0 aliphatic heterocycles. The van der Waals surface area contributed by atoms with Crippen LogP contribution in [0.5, 0.6) is 0 Å². The van der Waals surface area contributed by atoms with E-state index >= 15 is 0 Å². The molecule has 0 aromatic heterocycles. The number of rotatable bonds is 6. The van der Waals surface area contributed by atoms with Gasteiger partial charge in [0.1, 0.15) is 0 Å². The van der Waals surface area contributed by atoms with E-state index in [4.69, 9.17) is 0 Å². The van der Waals surface area contributed by atoms with Crippen molar-refractivity contribution in [2.75, 3.05) is 11.9 Å². The molecule has 1 amide bonds. The average molecular weight is 333 g/mol. The highest BCUT2D eigenvalue weighted by Gasteiger charge is 2.09. The fourth-order valence-electron chi connectivity index (χ4n) is 2.41. The van der Waals surface area contributed by atoms with Gasteiger partial charge in [0.15, 0.2) is 0 Å². The highest BCUT2D eigenvalue weighted by Crippen LogP contribution is 2.16. The van der Waals surface area contributed by atoms with Crippen LogP contribution in [0.4, 0.5) is 5.69 Å². The molecule has 2 rings (SSSR count). The number of anilines is 1. The molecule has 0 fully saturated rings. The Kier molecular flexibility index (Phi) is 7.79. The Morgan fingerprint density at radius 2 is 1.78 bits per heavy atom. The fourth-order valence-corrected chi connectivity index (χ4v) is 2.41. The molecule has 0 spiro atoms. The molecule has 2 aromatic carbocycles. The fraction of sp³-hybridized carbons (Fsp3) is 0.316. The molecule has 0 bridgehead atoms. The van der Waals surface area contributed by atoms with Gasteiger partial charge in [0.25, 0.3) is 0 Å². The van der Waals surface area contributed by atoms with Gasteiger partial charge in [0.05, 0.1) is 6.42 Å². The van der Waals surface area contributed by atoms with E-state index in [1.807, 2.05) is 38.1 Å². The summed E-state index contributed by atoms with van der Waals surface area (Å²) in [6.45, 7) is 7.83. The van der Waals surface area contributed by atoms with E-state index in [-0.39, 0.29) is 18.3 Å². The first-order valence-corrected chi connectivity index (χ1v) is 7.74. The van der Waals surface area contributed by atoms with Gasteiger partial charge in [-0.1, -0.05) is 48.9 Å². The van der Waals surface area contributed by atoms with Crippen molar-refractivity contribution in [1.29, 1.82) is 0 Å². The minimum absolute atomic E-state index is 0. The summed E-state index contributed by atoms with van der Waals surface area (Å²) in [4.78, 5) is 12.3. The normalized spacial score (nSPS) is 10.0. The number of hydrogen-bond donors (Lipinski definition) is 2. The lowest BCUT2D eigenvalue weighted by Gasteiger charge is -2.12. The van der Waals surface area contributed by atoms with E-state index in [2.05, 4.69) is 35.8 Å². The van der Waals surface area contributed by atoms with Crippen molar-refractivity contribution in [2.45, 2.75) is 33.7 Å². The van der Waals surface area contributed by atoms with E-state index in [0.29, 0.717) is 6.42 Å². The summed E-state index contributed by atoms with van der Waals surface area (Å²) in [5.74, 6) is 0.0256. The molecular weight excluding hydrogens is 308 g/mol. The number of amides is 1. The SMILES string of the molecule is CCNCc1ccccc1NC(=O)Cc1cc(C)ccc1C.Cl. The van der Waals surface area contributed by atoms with E-state index in [1.54, 1.807) is 0 Å². The predicted molar refractivity (Wildman–Crippen MR) is 99.3 cm³/mol. The van der Waals surface area contributed by atoms with Crippen LogP contribution in [0.3, 0.4) is 0 Å². The lowest BCUT2D eigenvalue weighted by atomic mass is 10.0. The summed E-state index contributed by atoms with van der Waals surface area (Å²) >= 11 is 0. The highest BCUT2D eigenvalue weighted by atomic mass is 35.5. The average Bonchev–Trinajstić information content (AvgIpc) is 2.50. The Morgan fingerprint density at radius 3 is 2.52 bits per heavy atom. The molecule has 0 unspecified atom stereocenters. The Labute approximate surface area is 144 Å². The van der Waals surface area contributed by atoms with Gasteiger partial charge in [-0.05, 0) is 43.1 Å². The molecule has 4 heteroatoms. The topological polar surface area (TPSA) is 41.1 Å². The zero-order valence-corrected chi connectivity index (χ0v) is 14.8. The molecule has 0 aliphatic rings. The quantitative estimate of drug-likeness (QED) is 0.839. The minimum atomic E-state index is 0. The summed E-state index contributed by atoms with van der Waals surface area (Å²) in [7, 11) is 0. The zero-order valence-electron chi connectivity index (χ0n) is 14.0. The smallest absolute Gasteiger partial charge is 0.228 e. The number of carbonyl (C=O) groups excluding carboxylic acids is 1. The summed E-state index contributed by atoms with van der Waals surface area (Å²) in [5.41, 5.74) is 5.42. The summed E-state index contributed by atoms with van der Waals surface area (Å²) in [5, 5.41) is 6.33. The van der Waals surface area contributed by atoms with Gasteiger partial charge in [-0.3, -0.25) is 4.79 Å². The number of para-hydroxylation sites is 1. The number of benzene rings is 2. The molecule has 2 aromatic rings. The molecule has 0 aliphatic carbocycles. The monoisotopic (exact) mass is 332 g/mol. The summed E-state index contributed by atoms with van der Waals surface area (Å²) in [6.07, 6.45) is 0.406. The van der Waals surface area contributed by atoms with Crippen LogP contribution in [0, 0.1) is 13.8 Å². The molecule has 23 heavy (non-hydrogen) atoms. The van der Waals surface area contributed by atoms with Gasteiger partial charge in [0, 0.05) is 12.2 Å². The first-order valence-electron chi connectivity index (χ1n) is 7.74. The molecule has 2 N–H and O–H groups in total. The van der Waals surface area contributed by atoms with Crippen molar-refractivity contribution in [1.82, 2.24) is 5.32 Å². The Hall–Kier alpha value is -1.84. The molecular formula is C19H25ClN2O. The molecule has 0 radical (unpaired) electrons. The summed E-state index contributed by atoms with van der Waals surface area (Å²) in [6, 6.07) is 14.2. The molecule has 3 nitrogen and oxygen atoms in total. The van der Waals surface area contributed by atoms with Crippen LogP contribution in [0.25, 0.3) is 0 Å². The molecule has 0 saturated carbocycles. The van der Waals surface area contributed by atoms with Crippen molar-refractivity contribution in [3.8, 4) is 0 Å². The maximum Gasteiger partial charge on any atom is 0.228 e. The van der Waals surface area contributed by atoms with Crippen molar-refractivity contribution in [3.63, 3.8) is 0 Å². The van der Waals surface area contributed by atoms with Gasteiger partial charge in [0.2, 0.25) is 5.91 Å². The van der Waals surface area contributed by atoms with Crippen LogP contribution in [-0.4, -0.2) is 12.5 Å². The number of hydrogen-bond acceptors (Lipinski definition) is 2. The number of aryl methyl sites for hydroxylation is 2. The first-order chi connectivity index (χ1) is 10.6. The molecule has 0 heterocycles. The second-order valence-corrected chi connectivity index (χ2v) is 5.59. The van der Waals surface area contributed by atoms with Crippen molar-refractivity contribution < 1.29 is 4.79 Å². The van der Waals surface area contributed by atoms with Crippen LogP contribution in [0.1, 0.15) is 29.2 Å². The van der Waals surface area contributed by atoms with E-state index in [1.165, 1.54) is 5.56 Å². The lowest BCUT2D eigenvalue weighted by molar-refractivity contribution is -0.115. The third-order valence-corrected chi connectivity index (χ3v) is 3.71. The lowest BCUT2D eigenvalue weighted by Crippen LogP contribution is -2.18. The van der Waals surface area contributed by atoms with Gasteiger partial charge >= 0.3 is 0 Å². The van der Waals surface area contributed by atoms with Crippen LogP contribution in [0.2, 0.25) is 0 Å². The molecule has 0 atom stereocenters. The van der Waals surface area contributed by atoms with Crippen LogP contribution in [0.15, 0.2) is 42.5 Å². The third kappa shape index (κ3) is 5.70. The van der Waals surface area contributed by atoms with E-state index < -0.39 is 0 Å². The maximum atomic E-state index is 12.3. The van der Waals surface area contributed by atoms with Crippen molar-refractivity contribution in [2.24, 2.45) is 0 Å². The zero-order chi connectivity index (χ0) is 15.9. The number of carbonyl (C=O) groups is 1. The Balaban J connectivity index is 0.00000264. The minimum Gasteiger partial charge on any atom is -0.325 e. The maximum absolute atomic E-state index is 12.3. The second-order valence-electron chi connectivity index (χ2n) is 5.59. The van der Waals surface area contributed by atoms with Crippen molar-refractivity contribution in [3.05, 3.63) is 64.7 Å². The number of halogens is 1. The van der Waals surface area contributed by atoms with Crippen LogP contribution >= 0.6 is 12.4 Å². The number of nitrogens with one attached hydrogen (secondary N) is 2. The van der Waals surface area contributed by atoms with Gasteiger partial charge in [-0.25, -0.2) is 0 Å². The van der Waals surface area contributed by atoms with Crippen LogP contribution < -0.4 is 10.6 Å². The summed E-state index contributed by atoms with van der Waals surface area (Å²) < 4.78 is 0. The van der Waals surface area contributed by atoms with E-state index in [0.717, 1.165) is 35.5 Å². The predicted octanol–water partition coefficient (Wildman–Crippen LogP) is 4.02. The molecule has 0 saturated heterocycles. The first kappa shape index (κ1) is 19.2. The van der Waals surface area contributed by atoms with Gasteiger partial charge in [-0.15, -0.1) is 12.4 Å². The second kappa shape index (κ2) is 9.33. The standard InChI is InChI=1S/C19H24N2O.ClH/c1-4-20-13-16-7-5-6-8-18(16)21-19(22)12-17-11-14(2)9-10-15(17)3;/h5-11,20H,4,12-13H2,1-3H3,(H,21,22);1H.